The number of para-hydroxylation sites is 1. The Kier molecular flexibility index (Phi) is 3.28. The lowest BCUT2D eigenvalue weighted by atomic mass is 10.2. The molecule has 17 heavy (non-hydrogen) atoms. The van der Waals surface area contributed by atoms with Crippen molar-refractivity contribution in [1.29, 1.82) is 0 Å². The molecular weight excluding hydrogens is 221 g/mol. The number of fused-ring (bicyclic) bond motifs is 1. The fourth-order valence-corrected chi connectivity index (χ4v) is 2.12. The molecule has 1 aliphatic rings. The fourth-order valence-electron chi connectivity index (χ4n) is 2.12. The molecule has 0 saturated carbocycles. The van der Waals surface area contributed by atoms with Crippen LogP contribution in [0.3, 0.4) is 0 Å². The molecule has 4 nitrogen and oxygen atoms in total. The zero-order chi connectivity index (χ0) is 12.4. The average molecular weight is 237 g/mol. The predicted octanol–water partition coefficient (Wildman–Crippen LogP) is 0.957. The molecule has 0 bridgehead atoms. The van der Waals surface area contributed by atoms with Gasteiger partial charge in [-0.05, 0) is 12.1 Å². The lowest BCUT2D eigenvalue weighted by molar-refractivity contribution is -0.118. The Morgan fingerprint density at radius 3 is 2.94 bits per heavy atom. The van der Waals surface area contributed by atoms with Crippen molar-refractivity contribution in [2.24, 2.45) is 5.73 Å². The summed E-state index contributed by atoms with van der Waals surface area (Å²) in [4.78, 5) is 15.1. The van der Waals surface area contributed by atoms with E-state index in [0.717, 1.165) is 5.69 Å². The van der Waals surface area contributed by atoms with Gasteiger partial charge in [-0.1, -0.05) is 6.07 Å². The van der Waals surface area contributed by atoms with E-state index in [2.05, 4.69) is 0 Å². The van der Waals surface area contributed by atoms with E-state index in [1.807, 2.05) is 11.0 Å². The molecule has 0 fully saturated rings. The molecule has 0 aliphatic carbocycles. The van der Waals surface area contributed by atoms with Gasteiger partial charge in [-0.25, -0.2) is 4.39 Å². The molecule has 1 aromatic carbocycles. The zero-order valence-corrected chi connectivity index (χ0v) is 9.82. The summed E-state index contributed by atoms with van der Waals surface area (Å²) in [5.41, 5.74) is 6.63. The first-order valence-electron chi connectivity index (χ1n) is 5.65. The van der Waals surface area contributed by atoms with Gasteiger partial charge in [0.15, 0.2) is 0 Å². The Morgan fingerprint density at radius 2 is 2.24 bits per heavy atom. The largest absolute Gasteiger partial charge is 0.368 e. The number of hydrogen-bond acceptors (Lipinski definition) is 3. The minimum atomic E-state index is -0.373. The first-order chi connectivity index (χ1) is 8.15. The number of anilines is 2. The van der Waals surface area contributed by atoms with Crippen LogP contribution in [0.25, 0.3) is 0 Å². The van der Waals surface area contributed by atoms with E-state index in [4.69, 9.17) is 5.73 Å². The molecule has 2 N–H and O–H groups in total. The van der Waals surface area contributed by atoms with Gasteiger partial charge in [-0.2, -0.15) is 0 Å². The molecular formula is C12H16FN3O. The quantitative estimate of drug-likeness (QED) is 0.833. The summed E-state index contributed by atoms with van der Waals surface area (Å²) in [5, 5.41) is 0. The zero-order valence-electron chi connectivity index (χ0n) is 9.82. The van der Waals surface area contributed by atoms with Crippen molar-refractivity contribution in [2.75, 3.05) is 36.5 Å². The molecule has 92 valence electrons. The van der Waals surface area contributed by atoms with Crippen LogP contribution in [-0.2, 0) is 4.79 Å². The molecule has 0 spiro atoms. The lowest BCUT2D eigenvalue weighted by Crippen LogP contribution is -2.30. The van der Waals surface area contributed by atoms with Crippen molar-refractivity contribution < 1.29 is 9.18 Å². The summed E-state index contributed by atoms with van der Waals surface area (Å²) in [6.45, 7) is 1.68. The van der Waals surface area contributed by atoms with E-state index in [9.17, 15) is 9.18 Å². The Hall–Kier alpha value is -1.62. The smallest absolute Gasteiger partial charge is 0.228 e. The maximum absolute atomic E-state index is 13.8. The summed E-state index contributed by atoms with van der Waals surface area (Å²) in [7, 11) is 1.61. The first kappa shape index (κ1) is 11.9. The van der Waals surface area contributed by atoms with Crippen LogP contribution in [-0.4, -0.2) is 32.6 Å². The van der Waals surface area contributed by atoms with Crippen LogP contribution >= 0.6 is 0 Å². The highest BCUT2D eigenvalue weighted by atomic mass is 19.1. The number of halogens is 1. The standard InChI is InChI=1S/C12H16FN3O/c1-15-11(17)5-7-16(8-6-14)10-4-2-3-9(13)12(10)15/h2-4H,5-8,14H2,1H3. The van der Waals surface area contributed by atoms with Gasteiger partial charge in [-0.3, -0.25) is 4.79 Å². The number of hydrogen-bond donors (Lipinski definition) is 1. The summed E-state index contributed by atoms with van der Waals surface area (Å²) in [6.07, 6.45) is 0.380. The molecule has 0 radical (unpaired) electrons. The fraction of sp³-hybridized carbons (Fsp3) is 0.417. The molecule has 1 aromatic rings. The highest BCUT2D eigenvalue weighted by Crippen LogP contribution is 2.33. The van der Waals surface area contributed by atoms with Crippen LogP contribution in [0.1, 0.15) is 6.42 Å². The third kappa shape index (κ3) is 2.10. The summed E-state index contributed by atoms with van der Waals surface area (Å²) >= 11 is 0. The van der Waals surface area contributed by atoms with Gasteiger partial charge in [0.25, 0.3) is 0 Å². The minimum Gasteiger partial charge on any atom is -0.368 e. The second-order valence-electron chi connectivity index (χ2n) is 4.09. The Labute approximate surface area is 99.8 Å². The number of amides is 1. The third-order valence-corrected chi connectivity index (χ3v) is 3.01. The normalized spacial score (nSPS) is 15.8. The summed E-state index contributed by atoms with van der Waals surface area (Å²) in [5.74, 6) is -0.446. The van der Waals surface area contributed by atoms with E-state index >= 15 is 0 Å². The van der Waals surface area contributed by atoms with Crippen molar-refractivity contribution >= 4 is 17.3 Å². The Bertz CT molecular complexity index is 436. The number of carbonyl (C=O) groups excluding carboxylic acids is 1. The van der Waals surface area contributed by atoms with E-state index in [1.165, 1.54) is 11.0 Å². The van der Waals surface area contributed by atoms with Gasteiger partial charge >= 0.3 is 0 Å². The van der Waals surface area contributed by atoms with Crippen molar-refractivity contribution in [3.8, 4) is 0 Å². The molecule has 0 aromatic heterocycles. The molecule has 1 amide bonds. The molecule has 0 saturated heterocycles. The van der Waals surface area contributed by atoms with Crippen LogP contribution in [0.15, 0.2) is 18.2 Å². The second-order valence-corrected chi connectivity index (χ2v) is 4.09. The predicted molar refractivity (Wildman–Crippen MR) is 65.7 cm³/mol. The van der Waals surface area contributed by atoms with Crippen LogP contribution < -0.4 is 15.5 Å². The van der Waals surface area contributed by atoms with E-state index in [-0.39, 0.29) is 11.7 Å². The van der Waals surface area contributed by atoms with Crippen LogP contribution in [0.2, 0.25) is 0 Å². The summed E-state index contributed by atoms with van der Waals surface area (Å²) in [6, 6.07) is 4.85. The van der Waals surface area contributed by atoms with Crippen molar-refractivity contribution in [1.82, 2.24) is 0 Å². The molecule has 1 heterocycles. The van der Waals surface area contributed by atoms with Crippen molar-refractivity contribution in [2.45, 2.75) is 6.42 Å². The third-order valence-electron chi connectivity index (χ3n) is 3.01. The number of benzene rings is 1. The van der Waals surface area contributed by atoms with Gasteiger partial charge < -0.3 is 15.5 Å². The molecule has 0 unspecified atom stereocenters. The van der Waals surface area contributed by atoms with Crippen LogP contribution in [0.4, 0.5) is 15.8 Å². The summed E-state index contributed by atoms with van der Waals surface area (Å²) < 4.78 is 13.8. The maximum Gasteiger partial charge on any atom is 0.228 e. The first-order valence-corrected chi connectivity index (χ1v) is 5.65. The number of nitrogens with two attached hydrogens (primary N) is 1. The minimum absolute atomic E-state index is 0.0733. The average Bonchev–Trinajstić information content (AvgIpc) is 2.43. The van der Waals surface area contributed by atoms with Crippen LogP contribution in [0.5, 0.6) is 0 Å². The number of rotatable bonds is 2. The van der Waals surface area contributed by atoms with E-state index < -0.39 is 0 Å². The SMILES string of the molecule is CN1C(=O)CCN(CCN)c2cccc(F)c21. The topological polar surface area (TPSA) is 49.6 Å². The molecule has 0 atom stereocenters. The molecule has 5 heteroatoms. The molecule has 2 rings (SSSR count). The van der Waals surface area contributed by atoms with Gasteiger partial charge in [0, 0.05) is 33.1 Å². The van der Waals surface area contributed by atoms with E-state index in [1.54, 1.807) is 13.1 Å². The van der Waals surface area contributed by atoms with Crippen molar-refractivity contribution in [3.05, 3.63) is 24.0 Å². The van der Waals surface area contributed by atoms with Crippen molar-refractivity contribution in [3.63, 3.8) is 0 Å². The van der Waals surface area contributed by atoms with Gasteiger partial charge in [0.1, 0.15) is 11.5 Å². The monoisotopic (exact) mass is 237 g/mol. The maximum atomic E-state index is 13.8. The Morgan fingerprint density at radius 1 is 1.47 bits per heavy atom. The second kappa shape index (κ2) is 4.71. The number of nitrogens with zero attached hydrogens (tertiary/aromatic N) is 2. The van der Waals surface area contributed by atoms with Gasteiger partial charge in [0.05, 0.1) is 5.69 Å². The number of carbonyl (C=O) groups is 1. The van der Waals surface area contributed by atoms with Gasteiger partial charge in [0.2, 0.25) is 5.91 Å². The van der Waals surface area contributed by atoms with Crippen LogP contribution in [0, 0.1) is 5.82 Å². The highest BCUT2D eigenvalue weighted by molar-refractivity contribution is 5.98. The highest BCUT2D eigenvalue weighted by Gasteiger charge is 2.25. The van der Waals surface area contributed by atoms with E-state index in [0.29, 0.717) is 31.7 Å². The molecule has 1 aliphatic heterocycles. The lowest BCUT2D eigenvalue weighted by Gasteiger charge is -2.24. The Balaban J connectivity index is 2.50. The van der Waals surface area contributed by atoms with Gasteiger partial charge in [-0.15, -0.1) is 0 Å².